The summed E-state index contributed by atoms with van der Waals surface area (Å²) in [6.07, 6.45) is -2.39. The number of hydrogen-bond donors (Lipinski definition) is 5. The van der Waals surface area contributed by atoms with Crippen molar-refractivity contribution in [1.82, 2.24) is 5.32 Å². The number of aliphatic hydroxyl groups is 3. The van der Waals surface area contributed by atoms with E-state index in [4.69, 9.17) is 10.5 Å². The van der Waals surface area contributed by atoms with Gasteiger partial charge in [0.1, 0.15) is 17.9 Å². The fraction of sp³-hybridized carbons (Fsp3) is 0.500. The first-order valence-electron chi connectivity index (χ1n) is 6.84. The third-order valence-corrected chi connectivity index (χ3v) is 4.82. The number of thioether (sulfide) groups is 1. The van der Waals surface area contributed by atoms with Crippen molar-refractivity contribution in [2.24, 2.45) is 0 Å². The fourth-order valence-corrected chi connectivity index (χ4v) is 3.57. The molecule has 0 aliphatic carbocycles. The zero-order chi connectivity index (χ0) is 16.3. The summed E-state index contributed by atoms with van der Waals surface area (Å²) in [7, 11) is 0. The van der Waals surface area contributed by atoms with Crippen LogP contribution in [0.1, 0.15) is 6.92 Å². The van der Waals surface area contributed by atoms with Crippen molar-refractivity contribution < 1.29 is 24.9 Å². The van der Waals surface area contributed by atoms with E-state index in [1.807, 2.05) is 0 Å². The lowest BCUT2D eigenvalue weighted by atomic mass is 10.0. The van der Waals surface area contributed by atoms with E-state index in [2.05, 4.69) is 5.32 Å². The number of carbonyl (C=O) groups is 1. The van der Waals surface area contributed by atoms with Crippen LogP contribution in [0.25, 0.3) is 0 Å². The molecule has 0 spiro atoms. The van der Waals surface area contributed by atoms with Crippen LogP contribution >= 0.6 is 11.8 Å². The Morgan fingerprint density at radius 1 is 1.32 bits per heavy atom. The van der Waals surface area contributed by atoms with Crippen molar-refractivity contribution in [2.75, 3.05) is 12.3 Å². The van der Waals surface area contributed by atoms with E-state index in [-0.39, 0.29) is 12.5 Å². The van der Waals surface area contributed by atoms with Crippen LogP contribution in [0.2, 0.25) is 0 Å². The van der Waals surface area contributed by atoms with E-state index >= 15 is 0 Å². The average molecular weight is 328 g/mol. The molecule has 1 aliphatic rings. The molecule has 0 saturated carbocycles. The number of ether oxygens (including phenoxy) is 1. The van der Waals surface area contributed by atoms with Crippen molar-refractivity contribution in [2.45, 2.75) is 35.9 Å². The molecule has 1 heterocycles. The average Bonchev–Trinajstić information content (AvgIpc) is 2.48. The number of aliphatic hydroxyl groups excluding tert-OH is 3. The van der Waals surface area contributed by atoms with Crippen LogP contribution in [0, 0.1) is 0 Å². The Balaban J connectivity index is 2.18. The molecule has 5 unspecified atom stereocenters. The van der Waals surface area contributed by atoms with Gasteiger partial charge in [-0.3, -0.25) is 4.79 Å². The van der Waals surface area contributed by atoms with Gasteiger partial charge in [0.05, 0.1) is 18.0 Å². The van der Waals surface area contributed by atoms with Crippen LogP contribution in [0.15, 0.2) is 24.3 Å². The molecule has 0 radical (unpaired) electrons. The molecule has 8 heteroatoms. The van der Waals surface area contributed by atoms with Gasteiger partial charge in [-0.05, 0) is 24.3 Å². The molecular formula is C14H20N2O5S. The molecule has 2 rings (SSSR count). The van der Waals surface area contributed by atoms with E-state index in [1.54, 1.807) is 24.3 Å². The number of hydrogen-bond acceptors (Lipinski definition) is 7. The zero-order valence-electron chi connectivity index (χ0n) is 12.0. The summed E-state index contributed by atoms with van der Waals surface area (Å²) in [5, 5.41) is 31.5. The van der Waals surface area contributed by atoms with Crippen LogP contribution < -0.4 is 15.8 Å². The lowest BCUT2D eigenvalue weighted by molar-refractivity contribution is -0.122. The number of nitrogens with two attached hydrogens (primary N) is 1. The third kappa shape index (κ3) is 3.83. The maximum absolute atomic E-state index is 11.3. The lowest BCUT2D eigenvalue weighted by Crippen LogP contribution is -2.61. The molecule has 0 bridgehead atoms. The van der Waals surface area contributed by atoms with Gasteiger partial charge in [0.2, 0.25) is 5.91 Å². The van der Waals surface area contributed by atoms with Crippen LogP contribution in [-0.4, -0.2) is 56.8 Å². The van der Waals surface area contributed by atoms with Gasteiger partial charge < -0.3 is 31.1 Å². The van der Waals surface area contributed by atoms with Gasteiger partial charge in [0.25, 0.3) is 0 Å². The molecule has 1 aromatic carbocycles. The number of rotatable bonds is 4. The highest BCUT2D eigenvalue weighted by Gasteiger charge is 2.45. The first-order valence-corrected chi connectivity index (χ1v) is 7.78. The summed E-state index contributed by atoms with van der Waals surface area (Å²) in [6.45, 7) is 1.01. The van der Waals surface area contributed by atoms with Crippen molar-refractivity contribution in [3.63, 3.8) is 0 Å². The van der Waals surface area contributed by atoms with E-state index < -0.39 is 28.9 Å². The minimum Gasteiger partial charge on any atom is -0.478 e. The van der Waals surface area contributed by atoms with Crippen molar-refractivity contribution >= 4 is 23.4 Å². The number of nitrogens with one attached hydrogen (secondary N) is 1. The molecule has 0 aromatic heterocycles. The lowest BCUT2D eigenvalue weighted by Gasteiger charge is -2.41. The quantitative estimate of drug-likeness (QED) is 0.463. The molecule has 1 aliphatic heterocycles. The van der Waals surface area contributed by atoms with Crippen LogP contribution in [0.3, 0.4) is 0 Å². The predicted octanol–water partition coefficient (Wildman–Crippen LogP) is -0.692. The molecule has 1 saturated heterocycles. The summed E-state index contributed by atoms with van der Waals surface area (Å²) >= 11 is 1.16. The summed E-state index contributed by atoms with van der Waals surface area (Å²) in [5.41, 5.74) is 5.55. The van der Waals surface area contributed by atoms with Crippen LogP contribution in [-0.2, 0) is 4.79 Å². The Bertz CT molecular complexity index is 512. The van der Waals surface area contributed by atoms with E-state index in [9.17, 15) is 20.1 Å². The molecule has 122 valence electrons. The molecule has 1 amide bonds. The topological polar surface area (TPSA) is 125 Å². The number of amides is 1. The Labute approximate surface area is 132 Å². The van der Waals surface area contributed by atoms with E-state index in [0.29, 0.717) is 11.4 Å². The van der Waals surface area contributed by atoms with E-state index in [0.717, 1.165) is 11.8 Å². The van der Waals surface area contributed by atoms with Gasteiger partial charge in [0, 0.05) is 12.6 Å². The monoisotopic (exact) mass is 328 g/mol. The second kappa shape index (κ2) is 7.19. The van der Waals surface area contributed by atoms with Gasteiger partial charge in [-0.1, -0.05) is 0 Å². The maximum atomic E-state index is 11.3. The smallest absolute Gasteiger partial charge is 0.217 e. The fourth-order valence-electron chi connectivity index (χ4n) is 2.25. The molecule has 22 heavy (non-hydrogen) atoms. The number of anilines is 1. The molecule has 1 fully saturated rings. The molecule has 5 atom stereocenters. The second-order valence-corrected chi connectivity index (χ2v) is 6.46. The molecular weight excluding hydrogens is 308 g/mol. The van der Waals surface area contributed by atoms with Crippen molar-refractivity contribution in [3.05, 3.63) is 24.3 Å². The molecule has 6 N–H and O–H groups in total. The normalized spacial score (nSPS) is 31.5. The number of carbonyl (C=O) groups excluding carboxylic acids is 1. The second-order valence-electron chi connectivity index (χ2n) is 5.12. The first kappa shape index (κ1) is 16.9. The van der Waals surface area contributed by atoms with Crippen molar-refractivity contribution in [3.8, 4) is 5.75 Å². The Morgan fingerprint density at radius 2 is 1.95 bits per heavy atom. The summed E-state index contributed by atoms with van der Waals surface area (Å²) in [6, 6.07) is 5.90. The van der Waals surface area contributed by atoms with Gasteiger partial charge in [-0.2, -0.15) is 0 Å². The number of nitrogen functional groups attached to an aromatic ring is 1. The highest BCUT2D eigenvalue weighted by molar-refractivity contribution is 8.00. The van der Waals surface area contributed by atoms with Crippen molar-refractivity contribution in [1.29, 1.82) is 0 Å². The molecule has 1 aromatic rings. The van der Waals surface area contributed by atoms with Crippen LogP contribution in [0.5, 0.6) is 5.75 Å². The van der Waals surface area contributed by atoms with Gasteiger partial charge in [-0.15, -0.1) is 11.8 Å². The largest absolute Gasteiger partial charge is 0.478 e. The summed E-state index contributed by atoms with van der Waals surface area (Å²) < 4.78 is 5.79. The minimum atomic E-state index is -1.24. The summed E-state index contributed by atoms with van der Waals surface area (Å²) in [5.74, 6) is 0.174. The zero-order valence-corrected chi connectivity index (χ0v) is 12.9. The maximum Gasteiger partial charge on any atom is 0.217 e. The Hall–Kier alpha value is -1.48. The highest BCUT2D eigenvalue weighted by atomic mass is 32.2. The van der Waals surface area contributed by atoms with Gasteiger partial charge >= 0.3 is 0 Å². The number of benzene rings is 1. The minimum absolute atomic E-state index is 0.308. The molecule has 7 nitrogen and oxygen atoms in total. The SMILES string of the molecule is CC(=O)NC1C(Oc2ccc(N)cc2)SC(CO)C(O)C1O. The van der Waals surface area contributed by atoms with E-state index in [1.165, 1.54) is 6.92 Å². The summed E-state index contributed by atoms with van der Waals surface area (Å²) in [4.78, 5) is 11.3. The van der Waals surface area contributed by atoms with Gasteiger partial charge in [-0.25, -0.2) is 0 Å². The standard InChI is InChI=1S/C14H20N2O5S/c1-7(18)16-11-13(20)12(19)10(6-17)22-14(11)21-9-4-2-8(15)3-5-9/h2-5,10-14,17,19-20H,6,15H2,1H3,(H,16,18). The Kier molecular flexibility index (Phi) is 5.52. The predicted molar refractivity (Wildman–Crippen MR) is 83.4 cm³/mol. The highest BCUT2D eigenvalue weighted by Crippen LogP contribution is 2.34. The first-order chi connectivity index (χ1) is 10.4. The van der Waals surface area contributed by atoms with Crippen LogP contribution in [0.4, 0.5) is 5.69 Å². The Morgan fingerprint density at radius 3 is 2.50 bits per heavy atom. The van der Waals surface area contributed by atoms with Gasteiger partial charge in [0.15, 0.2) is 5.44 Å². The third-order valence-electron chi connectivity index (χ3n) is 3.38.